The van der Waals surface area contributed by atoms with Gasteiger partial charge in [0.2, 0.25) is 11.8 Å². The van der Waals surface area contributed by atoms with Gasteiger partial charge in [0.1, 0.15) is 12.6 Å². The summed E-state index contributed by atoms with van der Waals surface area (Å²) in [6.45, 7) is 3.88. The van der Waals surface area contributed by atoms with E-state index >= 15 is 0 Å². The summed E-state index contributed by atoms with van der Waals surface area (Å²) < 4.78 is 1.98. The molecular weight excluding hydrogens is 406 g/mol. The van der Waals surface area contributed by atoms with Gasteiger partial charge in [-0.05, 0) is 42.7 Å². The molecule has 0 bridgehead atoms. The molecule has 32 heavy (non-hydrogen) atoms. The fourth-order valence-electron chi connectivity index (χ4n) is 3.98. The Morgan fingerprint density at radius 1 is 1.09 bits per heavy atom. The monoisotopic (exact) mass is 433 g/mol. The average Bonchev–Trinajstić information content (AvgIpc) is 3.14. The highest BCUT2D eigenvalue weighted by molar-refractivity contribution is 6.11. The third kappa shape index (κ3) is 4.30. The van der Waals surface area contributed by atoms with Gasteiger partial charge >= 0.3 is 6.03 Å². The molecule has 0 radical (unpaired) electrons. The van der Waals surface area contributed by atoms with Gasteiger partial charge in [-0.1, -0.05) is 32.0 Å². The number of carbonyl (C=O) groups is 3. The topological polar surface area (TPSA) is 95.5 Å². The number of aryl methyl sites for hydroxylation is 1. The molecule has 1 aromatic heterocycles. The zero-order valence-electron chi connectivity index (χ0n) is 18.4. The van der Waals surface area contributed by atoms with Crippen LogP contribution in [0.5, 0.6) is 0 Å². The van der Waals surface area contributed by atoms with Gasteiger partial charge in [-0.2, -0.15) is 0 Å². The van der Waals surface area contributed by atoms with Gasteiger partial charge in [-0.15, -0.1) is 0 Å². The van der Waals surface area contributed by atoms with Gasteiger partial charge in [0.25, 0.3) is 0 Å². The lowest BCUT2D eigenvalue weighted by Gasteiger charge is -2.31. The largest absolute Gasteiger partial charge is 0.350 e. The Hall–Kier alpha value is -3.81. The molecule has 4 rings (SSSR count). The lowest BCUT2D eigenvalue weighted by Crippen LogP contribution is -2.53. The standard InChI is InChI=1S/C24H27N5O3/c1-15(2)13-19(23(31)26-17-8-6-10-20-16(17)11-12-28(20)3)27-24(32)29-14-22(30)25-18-7-4-5-9-21(18)29/h4-12,15,19H,13-14H2,1-3H3,(H,25,30)(H,26,31)(H,27,32)/t19-/m0/s1. The van der Waals surface area contributed by atoms with Crippen LogP contribution in [0.3, 0.4) is 0 Å². The maximum absolute atomic E-state index is 13.2. The molecule has 0 saturated heterocycles. The zero-order chi connectivity index (χ0) is 22.8. The Morgan fingerprint density at radius 3 is 2.66 bits per heavy atom. The van der Waals surface area contributed by atoms with E-state index < -0.39 is 12.1 Å². The van der Waals surface area contributed by atoms with E-state index in [0.717, 1.165) is 10.9 Å². The van der Waals surface area contributed by atoms with E-state index in [9.17, 15) is 14.4 Å². The minimum Gasteiger partial charge on any atom is -0.350 e. The first-order chi connectivity index (χ1) is 15.3. The number of nitrogens with zero attached hydrogens (tertiary/aromatic N) is 2. The molecule has 8 heteroatoms. The summed E-state index contributed by atoms with van der Waals surface area (Å²) in [5, 5.41) is 9.51. The first-order valence-electron chi connectivity index (χ1n) is 10.7. The number of amides is 4. The van der Waals surface area contributed by atoms with Crippen LogP contribution >= 0.6 is 0 Å². The number of para-hydroxylation sites is 2. The van der Waals surface area contributed by atoms with Gasteiger partial charge in [-0.3, -0.25) is 14.5 Å². The van der Waals surface area contributed by atoms with Crippen LogP contribution < -0.4 is 20.9 Å². The number of rotatable bonds is 5. The fourth-order valence-corrected chi connectivity index (χ4v) is 3.98. The molecule has 0 saturated carbocycles. The normalized spacial score (nSPS) is 14.1. The molecule has 3 N–H and O–H groups in total. The van der Waals surface area contributed by atoms with Crippen molar-refractivity contribution >= 4 is 45.8 Å². The number of hydrogen-bond acceptors (Lipinski definition) is 3. The van der Waals surface area contributed by atoms with Crippen molar-refractivity contribution in [3.63, 3.8) is 0 Å². The van der Waals surface area contributed by atoms with Gasteiger partial charge in [0, 0.05) is 24.1 Å². The second-order valence-electron chi connectivity index (χ2n) is 8.44. The summed E-state index contributed by atoms with van der Waals surface area (Å²) in [6, 6.07) is 13.5. The van der Waals surface area contributed by atoms with Crippen LogP contribution in [-0.2, 0) is 16.6 Å². The van der Waals surface area contributed by atoms with Crippen LogP contribution in [0.4, 0.5) is 21.9 Å². The Kier molecular flexibility index (Phi) is 5.85. The Morgan fingerprint density at radius 2 is 1.88 bits per heavy atom. The van der Waals surface area contributed by atoms with Crippen molar-refractivity contribution in [3.8, 4) is 0 Å². The second kappa shape index (κ2) is 8.74. The smallest absolute Gasteiger partial charge is 0.323 e. The molecule has 2 aromatic carbocycles. The molecule has 0 fully saturated rings. The average molecular weight is 434 g/mol. The van der Waals surface area contributed by atoms with E-state index in [-0.39, 0.29) is 24.3 Å². The molecule has 0 unspecified atom stereocenters. The molecule has 0 aliphatic carbocycles. The summed E-state index contributed by atoms with van der Waals surface area (Å²) >= 11 is 0. The molecule has 166 valence electrons. The molecule has 4 amide bonds. The molecule has 2 heterocycles. The number of hydrogen-bond donors (Lipinski definition) is 3. The summed E-state index contributed by atoms with van der Waals surface area (Å²) in [5.41, 5.74) is 2.86. The molecular formula is C24H27N5O3. The lowest BCUT2D eigenvalue weighted by atomic mass is 10.0. The molecule has 8 nitrogen and oxygen atoms in total. The van der Waals surface area contributed by atoms with Gasteiger partial charge in [-0.25, -0.2) is 4.79 Å². The Bertz CT molecular complexity index is 1180. The van der Waals surface area contributed by atoms with E-state index in [1.165, 1.54) is 4.90 Å². The maximum atomic E-state index is 13.2. The van der Waals surface area contributed by atoms with Gasteiger partial charge in [0.05, 0.1) is 17.1 Å². The zero-order valence-corrected chi connectivity index (χ0v) is 18.4. The number of anilines is 3. The second-order valence-corrected chi connectivity index (χ2v) is 8.44. The maximum Gasteiger partial charge on any atom is 0.323 e. The summed E-state index contributed by atoms with van der Waals surface area (Å²) in [7, 11) is 1.95. The summed E-state index contributed by atoms with van der Waals surface area (Å²) in [6.07, 6.45) is 2.40. The van der Waals surface area contributed by atoms with Crippen LogP contribution in [0, 0.1) is 5.92 Å². The van der Waals surface area contributed by atoms with Crippen molar-refractivity contribution in [2.75, 3.05) is 22.1 Å². The molecule has 1 atom stereocenters. The predicted molar refractivity (Wildman–Crippen MR) is 126 cm³/mol. The number of benzene rings is 2. The quantitative estimate of drug-likeness (QED) is 0.573. The number of fused-ring (bicyclic) bond motifs is 2. The van der Waals surface area contributed by atoms with E-state index in [1.807, 2.05) is 55.9 Å². The van der Waals surface area contributed by atoms with E-state index in [0.29, 0.717) is 23.5 Å². The highest BCUT2D eigenvalue weighted by Gasteiger charge is 2.30. The van der Waals surface area contributed by atoms with Gasteiger partial charge < -0.3 is 20.5 Å². The van der Waals surface area contributed by atoms with E-state index in [1.54, 1.807) is 24.3 Å². The SMILES string of the molecule is CC(C)C[C@H](NC(=O)N1CC(=O)Nc2ccccc21)C(=O)Nc1cccc2c1ccn2C. The van der Waals surface area contributed by atoms with Crippen LogP contribution in [0.25, 0.3) is 10.9 Å². The third-order valence-electron chi connectivity index (χ3n) is 5.52. The van der Waals surface area contributed by atoms with Crippen molar-refractivity contribution in [1.29, 1.82) is 0 Å². The van der Waals surface area contributed by atoms with Crippen molar-refractivity contribution in [1.82, 2.24) is 9.88 Å². The summed E-state index contributed by atoms with van der Waals surface area (Å²) in [5.74, 6) is -0.395. The van der Waals surface area contributed by atoms with Gasteiger partial charge in [0.15, 0.2) is 0 Å². The van der Waals surface area contributed by atoms with Crippen molar-refractivity contribution in [2.45, 2.75) is 26.3 Å². The summed E-state index contributed by atoms with van der Waals surface area (Å²) in [4.78, 5) is 39.8. The Balaban J connectivity index is 1.55. The number of urea groups is 1. The number of carbonyl (C=O) groups excluding carboxylic acids is 3. The van der Waals surface area contributed by atoms with Crippen LogP contribution in [0.15, 0.2) is 54.7 Å². The van der Waals surface area contributed by atoms with Crippen molar-refractivity contribution in [2.24, 2.45) is 13.0 Å². The first kappa shape index (κ1) is 21.4. The minimum atomic E-state index is -0.751. The molecule has 1 aliphatic rings. The Labute approximate surface area is 186 Å². The van der Waals surface area contributed by atoms with Crippen LogP contribution in [0.2, 0.25) is 0 Å². The molecule has 0 spiro atoms. The van der Waals surface area contributed by atoms with E-state index in [4.69, 9.17) is 0 Å². The van der Waals surface area contributed by atoms with Crippen molar-refractivity contribution in [3.05, 3.63) is 54.7 Å². The first-order valence-corrected chi connectivity index (χ1v) is 10.7. The predicted octanol–water partition coefficient (Wildman–Crippen LogP) is 3.70. The lowest BCUT2D eigenvalue weighted by molar-refractivity contribution is -0.118. The van der Waals surface area contributed by atoms with Crippen LogP contribution in [0.1, 0.15) is 20.3 Å². The highest BCUT2D eigenvalue weighted by Crippen LogP contribution is 2.29. The molecule has 1 aliphatic heterocycles. The fraction of sp³-hybridized carbons (Fsp3) is 0.292. The number of nitrogens with one attached hydrogen (secondary N) is 3. The molecule has 3 aromatic rings. The van der Waals surface area contributed by atoms with E-state index in [2.05, 4.69) is 16.0 Å². The van der Waals surface area contributed by atoms with Crippen LogP contribution in [-0.4, -0.2) is 35.0 Å². The minimum absolute atomic E-state index is 0.109. The number of aromatic nitrogens is 1. The third-order valence-corrected chi connectivity index (χ3v) is 5.52. The highest BCUT2D eigenvalue weighted by atomic mass is 16.2. The van der Waals surface area contributed by atoms with Crippen molar-refractivity contribution < 1.29 is 14.4 Å².